The molecule has 92 valence electrons. The number of nitrogen functional groups attached to an aromatic ring is 1. The van der Waals surface area contributed by atoms with Gasteiger partial charge in [0.2, 0.25) is 0 Å². The molecule has 1 aliphatic heterocycles. The van der Waals surface area contributed by atoms with E-state index in [0.717, 1.165) is 36.7 Å². The summed E-state index contributed by atoms with van der Waals surface area (Å²) in [6.07, 6.45) is 1.67. The highest BCUT2D eigenvalue weighted by Gasteiger charge is 2.15. The Bertz CT molecular complexity index is 439. The van der Waals surface area contributed by atoms with Crippen LogP contribution in [0, 0.1) is 5.41 Å². The van der Waals surface area contributed by atoms with Crippen LogP contribution >= 0.6 is 0 Å². The average molecular weight is 252 g/mol. The Morgan fingerprint density at radius 1 is 1.53 bits per heavy atom. The number of aromatic nitrogens is 1. The van der Waals surface area contributed by atoms with E-state index in [1.54, 1.807) is 6.20 Å². The first kappa shape index (κ1) is 12.2. The highest BCUT2D eigenvalue weighted by molar-refractivity contribution is 7.85. The summed E-state index contributed by atoms with van der Waals surface area (Å²) in [4.78, 5) is 6.29. The third kappa shape index (κ3) is 3.34. The molecule has 5 nitrogen and oxygen atoms in total. The van der Waals surface area contributed by atoms with Crippen LogP contribution in [0.3, 0.4) is 0 Å². The summed E-state index contributed by atoms with van der Waals surface area (Å²) in [6.45, 7) is 2.54. The molecule has 0 bridgehead atoms. The van der Waals surface area contributed by atoms with E-state index in [2.05, 4.69) is 9.88 Å². The van der Waals surface area contributed by atoms with Gasteiger partial charge < -0.3 is 5.73 Å². The quantitative estimate of drug-likeness (QED) is 0.582. The molecular formula is C11H16N4OS. The first-order chi connectivity index (χ1) is 8.15. The second kappa shape index (κ2) is 5.37. The molecule has 1 aliphatic rings. The lowest BCUT2D eigenvalue weighted by Gasteiger charge is -2.26. The van der Waals surface area contributed by atoms with Crippen molar-refractivity contribution in [1.29, 1.82) is 5.41 Å². The Labute approximate surface area is 103 Å². The second-order valence-corrected chi connectivity index (χ2v) is 5.78. The SMILES string of the molecule is N=C(N)c1cc(CN2CCS(=O)CC2)ccn1. The van der Waals surface area contributed by atoms with Gasteiger partial charge in [0.1, 0.15) is 11.5 Å². The van der Waals surface area contributed by atoms with Gasteiger partial charge in [-0.05, 0) is 17.7 Å². The second-order valence-electron chi connectivity index (χ2n) is 4.09. The van der Waals surface area contributed by atoms with Crippen LogP contribution in [0.5, 0.6) is 0 Å². The zero-order chi connectivity index (χ0) is 12.3. The fraction of sp³-hybridized carbons (Fsp3) is 0.455. The molecule has 0 spiro atoms. The van der Waals surface area contributed by atoms with E-state index in [0.29, 0.717) is 5.69 Å². The van der Waals surface area contributed by atoms with Crippen LogP contribution in [0.25, 0.3) is 0 Å². The molecule has 0 unspecified atom stereocenters. The molecule has 0 amide bonds. The Kier molecular flexibility index (Phi) is 3.86. The number of hydrogen-bond acceptors (Lipinski definition) is 4. The van der Waals surface area contributed by atoms with Crippen molar-refractivity contribution >= 4 is 16.6 Å². The maximum absolute atomic E-state index is 11.2. The molecule has 1 aromatic heterocycles. The summed E-state index contributed by atoms with van der Waals surface area (Å²) >= 11 is 0. The van der Waals surface area contributed by atoms with Gasteiger partial charge in [0.15, 0.2) is 0 Å². The average Bonchev–Trinajstić information content (AvgIpc) is 2.32. The van der Waals surface area contributed by atoms with Crippen LogP contribution < -0.4 is 5.73 Å². The molecule has 0 aromatic carbocycles. The molecule has 0 atom stereocenters. The molecule has 0 radical (unpaired) electrons. The lowest BCUT2D eigenvalue weighted by Crippen LogP contribution is -2.37. The summed E-state index contributed by atoms with van der Waals surface area (Å²) in [5.41, 5.74) is 7.01. The zero-order valence-electron chi connectivity index (χ0n) is 9.56. The van der Waals surface area contributed by atoms with E-state index in [-0.39, 0.29) is 5.84 Å². The molecule has 17 heavy (non-hydrogen) atoms. The monoisotopic (exact) mass is 252 g/mol. The number of hydrogen-bond donors (Lipinski definition) is 2. The van der Waals surface area contributed by atoms with Crippen molar-refractivity contribution in [3.8, 4) is 0 Å². The minimum atomic E-state index is -0.639. The van der Waals surface area contributed by atoms with Gasteiger partial charge in [-0.25, -0.2) is 0 Å². The minimum absolute atomic E-state index is 0.00778. The highest BCUT2D eigenvalue weighted by atomic mass is 32.2. The van der Waals surface area contributed by atoms with Gasteiger partial charge in [-0.15, -0.1) is 0 Å². The van der Waals surface area contributed by atoms with Gasteiger partial charge in [0.25, 0.3) is 0 Å². The first-order valence-electron chi connectivity index (χ1n) is 5.52. The van der Waals surface area contributed by atoms with Crippen LogP contribution in [0.15, 0.2) is 18.3 Å². The van der Waals surface area contributed by atoms with Gasteiger partial charge in [0, 0.05) is 48.1 Å². The summed E-state index contributed by atoms with van der Waals surface area (Å²) < 4.78 is 11.2. The predicted molar refractivity (Wildman–Crippen MR) is 68.4 cm³/mol. The van der Waals surface area contributed by atoms with Crippen LogP contribution in [0.1, 0.15) is 11.3 Å². The Hall–Kier alpha value is -1.27. The number of amidine groups is 1. The molecule has 0 saturated carbocycles. The molecule has 1 aromatic rings. The normalized spacial score (nSPS) is 18.1. The third-order valence-electron chi connectivity index (χ3n) is 2.78. The van der Waals surface area contributed by atoms with E-state index >= 15 is 0 Å². The molecule has 2 heterocycles. The van der Waals surface area contributed by atoms with Gasteiger partial charge in [-0.3, -0.25) is 19.5 Å². The number of pyridine rings is 1. The number of nitrogens with two attached hydrogens (primary N) is 1. The number of nitrogens with one attached hydrogen (secondary N) is 1. The molecular weight excluding hydrogens is 236 g/mol. The first-order valence-corrected chi connectivity index (χ1v) is 7.00. The number of rotatable bonds is 3. The van der Waals surface area contributed by atoms with Crippen molar-refractivity contribution in [1.82, 2.24) is 9.88 Å². The van der Waals surface area contributed by atoms with E-state index in [9.17, 15) is 4.21 Å². The maximum Gasteiger partial charge on any atom is 0.141 e. The minimum Gasteiger partial charge on any atom is -0.382 e. The Morgan fingerprint density at radius 2 is 2.24 bits per heavy atom. The molecule has 6 heteroatoms. The highest BCUT2D eigenvalue weighted by Crippen LogP contribution is 2.08. The predicted octanol–water partition coefficient (Wildman–Crippen LogP) is -0.0700. The molecule has 1 saturated heterocycles. The smallest absolute Gasteiger partial charge is 0.141 e. The van der Waals surface area contributed by atoms with Crippen molar-refractivity contribution in [2.24, 2.45) is 5.73 Å². The third-order valence-corrected chi connectivity index (χ3v) is 4.05. The summed E-state index contributed by atoms with van der Waals surface area (Å²) in [5.74, 6) is 1.50. The molecule has 1 fully saturated rings. The van der Waals surface area contributed by atoms with Crippen LogP contribution in [-0.4, -0.2) is 44.5 Å². The van der Waals surface area contributed by atoms with Crippen molar-refractivity contribution in [2.45, 2.75) is 6.54 Å². The van der Waals surface area contributed by atoms with E-state index in [4.69, 9.17) is 11.1 Å². The molecule has 2 rings (SSSR count). The standard InChI is InChI=1S/C11H16N4OS/c12-11(13)10-7-9(1-2-14-10)8-15-3-5-17(16)6-4-15/h1-2,7H,3-6,8H2,(H3,12,13). The van der Waals surface area contributed by atoms with E-state index in [1.165, 1.54) is 0 Å². The fourth-order valence-corrected chi connectivity index (χ4v) is 2.94. The Balaban J connectivity index is 2.01. The molecule has 0 aliphatic carbocycles. The van der Waals surface area contributed by atoms with Crippen LogP contribution in [-0.2, 0) is 17.3 Å². The summed E-state index contributed by atoms with van der Waals surface area (Å²) in [5, 5.41) is 7.34. The van der Waals surface area contributed by atoms with Crippen molar-refractivity contribution < 1.29 is 4.21 Å². The van der Waals surface area contributed by atoms with Crippen LogP contribution in [0.4, 0.5) is 0 Å². The van der Waals surface area contributed by atoms with Gasteiger partial charge in [0.05, 0.1) is 0 Å². The Morgan fingerprint density at radius 3 is 2.88 bits per heavy atom. The lowest BCUT2D eigenvalue weighted by molar-refractivity contribution is 0.291. The summed E-state index contributed by atoms with van der Waals surface area (Å²) in [6, 6.07) is 3.77. The van der Waals surface area contributed by atoms with Crippen molar-refractivity contribution in [3.63, 3.8) is 0 Å². The maximum atomic E-state index is 11.2. The number of nitrogens with zero attached hydrogens (tertiary/aromatic N) is 2. The van der Waals surface area contributed by atoms with Gasteiger partial charge in [-0.2, -0.15) is 0 Å². The van der Waals surface area contributed by atoms with Crippen molar-refractivity contribution in [2.75, 3.05) is 24.6 Å². The largest absolute Gasteiger partial charge is 0.382 e. The van der Waals surface area contributed by atoms with Crippen molar-refractivity contribution in [3.05, 3.63) is 29.6 Å². The topological polar surface area (TPSA) is 83.1 Å². The van der Waals surface area contributed by atoms with Crippen LogP contribution in [0.2, 0.25) is 0 Å². The molecule has 3 N–H and O–H groups in total. The summed E-state index contributed by atoms with van der Waals surface area (Å²) in [7, 11) is -0.639. The fourth-order valence-electron chi connectivity index (χ4n) is 1.81. The lowest BCUT2D eigenvalue weighted by atomic mass is 10.2. The van der Waals surface area contributed by atoms with E-state index in [1.807, 2.05) is 12.1 Å². The zero-order valence-corrected chi connectivity index (χ0v) is 10.4. The van der Waals surface area contributed by atoms with E-state index < -0.39 is 10.8 Å². The van der Waals surface area contributed by atoms with Gasteiger partial charge in [-0.1, -0.05) is 0 Å². The van der Waals surface area contributed by atoms with Gasteiger partial charge >= 0.3 is 0 Å².